The minimum absolute atomic E-state index is 0.354. The average Bonchev–Trinajstić information content (AvgIpc) is 2.87. The maximum Gasteiger partial charge on any atom is 0.504 e. The van der Waals surface area contributed by atoms with E-state index in [-0.39, 0.29) is 7.69 Å². The Labute approximate surface area is 115 Å². The van der Waals surface area contributed by atoms with Gasteiger partial charge >= 0.3 is 7.69 Å². The van der Waals surface area contributed by atoms with Gasteiger partial charge in [-0.25, -0.2) is 0 Å². The van der Waals surface area contributed by atoms with E-state index in [2.05, 4.69) is 0 Å². The van der Waals surface area contributed by atoms with E-state index < -0.39 is 0 Å². The lowest BCUT2D eigenvalue weighted by Crippen LogP contribution is -2.00. The van der Waals surface area contributed by atoms with E-state index in [9.17, 15) is 0 Å². The lowest BCUT2D eigenvalue weighted by atomic mass is 10.0. The first-order valence-corrected chi connectivity index (χ1v) is 6.45. The van der Waals surface area contributed by atoms with Gasteiger partial charge in [0.05, 0.1) is 5.39 Å². The van der Waals surface area contributed by atoms with Gasteiger partial charge in [0.15, 0.2) is 0 Å². The molecule has 0 aliphatic heterocycles. The number of hydrogen-bond donors (Lipinski definition) is 1. The highest BCUT2D eigenvalue weighted by atomic mass is 16.5. The number of hydrogen-bond acceptors (Lipinski definition) is 3. The summed E-state index contributed by atoms with van der Waals surface area (Å²) in [6.45, 7) is 0. The molecule has 4 aromatic rings. The van der Waals surface area contributed by atoms with Crippen LogP contribution in [-0.4, -0.2) is 12.7 Å². The Morgan fingerprint density at radius 2 is 1.70 bits per heavy atom. The molecule has 1 N–H and O–H groups in total. The van der Waals surface area contributed by atoms with Gasteiger partial charge in [-0.2, -0.15) is 0 Å². The van der Waals surface area contributed by atoms with E-state index in [1.54, 1.807) is 0 Å². The normalized spacial score (nSPS) is 11.2. The van der Waals surface area contributed by atoms with Crippen LogP contribution in [0.1, 0.15) is 0 Å². The topological polar surface area (TPSA) is 42.6 Å². The number of furan rings is 1. The molecular formula is C16H11BO3. The molecule has 0 saturated carbocycles. The van der Waals surface area contributed by atoms with Crippen LogP contribution in [0.25, 0.3) is 32.7 Å². The summed E-state index contributed by atoms with van der Waals surface area (Å²) in [5.74, 6) is 0.645. The Morgan fingerprint density at radius 1 is 0.950 bits per heavy atom. The van der Waals surface area contributed by atoms with Gasteiger partial charge in [0, 0.05) is 10.8 Å². The van der Waals surface area contributed by atoms with Crippen LogP contribution in [0.3, 0.4) is 0 Å². The third-order valence-electron chi connectivity index (χ3n) is 3.55. The van der Waals surface area contributed by atoms with Crippen molar-refractivity contribution in [3.8, 4) is 5.75 Å². The van der Waals surface area contributed by atoms with E-state index in [1.165, 1.54) is 0 Å². The Balaban J connectivity index is 2.26. The highest BCUT2D eigenvalue weighted by molar-refractivity contribution is 6.22. The summed E-state index contributed by atoms with van der Waals surface area (Å²) < 4.78 is 11.4. The number of rotatable bonds is 2. The van der Waals surface area contributed by atoms with Crippen LogP contribution in [-0.2, 0) is 0 Å². The summed E-state index contributed by atoms with van der Waals surface area (Å²) in [4.78, 5) is 0. The Kier molecular flexibility index (Phi) is 2.44. The van der Waals surface area contributed by atoms with Gasteiger partial charge < -0.3 is 14.1 Å². The van der Waals surface area contributed by atoms with Crippen LogP contribution in [0.5, 0.6) is 5.75 Å². The van der Waals surface area contributed by atoms with Gasteiger partial charge in [-0.05, 0) is 17.5 Å². The molecule has 96 valence electrons. The Hall–Kier alpha value is -2.46. The zero-order chi connectivity index (χ0) is 13.5. The molecule has 3 aromatic carbocycles. The van der Waals surface area contributed by atoms with E-state index >= 15 is 0 Å². The fraction of sp³-hybridized carbons (Fsp3) is 0. The average molecular weight is 262 g/mol. The van der Waals surface area contributed by atoms with Crippen LogP contribution in [0.2, 0.25) is 0 Å². The predicted octanol–water partition coefficient (Wildman–Crippen LogP) is 3.38. The van der Waals surface area contributed by atoms with E-state index in [1.807, 2.05) is 54.6 Å². The second kappa shape index (κ2) is 4.29. The van der Waals surface area contributed by atoms with E-state index in [4.69, 9.17) is 14.1 Å². The van der Waals surface area contributed by atoms with E-state index in [0.717, 1.165) is 32.7 Å². The van der Waals surface area contributed by atoms with Crippen LogP contribution in [0.15, 0.2) is 59.0 Å². The Morgan fingerprint density at radius 3 is 2.55 bits per heavy atom. The van der Waals surface area contributed by atoms with Gasteiger partial charge in [0.25, 0.3) is 0 Å². The van der Waals surface area contributed by atoms with Gasteiger partial charge in [-0.3, -0.25) is 0 Å². The van der Waals surface area contributed by atoms with Crippen molar-refractivity contribution in [2.75, 3.05) is 0 Å². The summed E-state index contributed by atoms with van der Waals surface area (Å²) in [6.07, 6.45) is 0. The summed E-state index contributed by atoms with van der Waals surface area (Å²) in [7, 11) is -0.354. The first-order valence-electron chi connectivity index (χ1n) is 6.45. The molecule has 0 aliphatic carbocycles. The summed E-state index contributed by atoms with van der Waals surface area (Å²) in [5.41, 5.74) is 1.62. The first kappa shape index (κ1) is 11.4. The smallest absolute Gasteiger partial charge is 0.504 e. The van der Waals surface area contributed by atoms with Gasteiger partial charge in [-0.1, -0.05) is 42.5 Å². The molecule has 3 nitrogen and oxygen atoms in total. The van der Waals surface area contributed by atoms with Crippen molar-refractivity contribution < 1.29 is 14.1 Å². The van der Waals surface area contributed by atoms with Crippen molar-refractivity contribution in [2.45, 2.75) is 0 Å². The molecule has 1 heterocycles. The third-order valence-corrected chi connectivity index (χ3v) is 3.55. The molecule has 20 heavy (non-hydrogen) atoms. The second-order valence-corrected chi connectivity index (χ2v) is 4.67. The number of para-hydroxylation sites is 1. The quantitative estimate of drug-likeness (QED) is 0.563. The molecule has 0 bridgehead atoms. The van der Waals surface area contributed by atoms with Crippen molar-refractivity contribution in [2.24, 2.45) is 0 Å². The van der Waals surface area contributed by atoms with Crippen molar-refractivity contribution >= 4 is 40.4 Å². The number of fused-ring (bicyclic) bond motifs is 5. The zero-order valence-electron chi connectivity index (χ0n) is 10.7. The predicted molar refractivity (Wildman–Crippen MR) is 81.2 cm³/mol. The zero-order valence-corrected chi connectivity index (χ0v) is 10.7. The molecule has 0 atom stereocenters. The third kappa shape index (κ3) is 1.52. The number of benzene rings is 3. The highest BCUT2D eigenvalue weighted by Crippen LogP contribution is 2.40. The molecule has 0 fully saturated rings. The molecule has 1 aromatic heterocycles. The summed E-state index contributed by atoms with van der Waals surface area (Å²) in [5, 5.41) is 13.1. The second-order valence-electron chi connectivity index (χ2n) is 4.67. The highest BCUT2D eigenvalue weighted by Gasteiger charge is 2.15. The van der Waals surface area contributed by atoms with Crippen molar-refractivity contribution in [1.82, 2.24) is 0 Å². The monoisotopic (exact) mass is 262 g/mol. The van der Waals surface area contributed by atoms with Crippen LogP contribution in [0, 0.1) is 0 Å². The molecule has 0 spiro atoms. The van der Waals surface area contributed by atoms with E-state index in [0.29, 0.717) is 5.75 Å². The minimum Gasteiger partial charge on any atom is -0.538 e. The van der Waals surface area contributed by atoms with Gasteiger partial charge in [0.2, 0.25) is 0 Å². The van der Waals surface area contributed by atoms with Crippen LogP contribution in [0.4, 0.5) is 0 Å². The molecule has 4 heteroatoms. The fourth-order valence-corrected chi connectivity index (χ4v) is 2.71. The first-order chi connectivity index (χ1) is 9.88. The Bertz CT molecular complexity index is 927. The van der Waals surface area contributed by atoms with Crippen LogP contribution >= 0.6 is 0 Å². The fourth-order valence-electron chi connectivity index (χ4n) is 2.71. The molecule has 0 aliphatic rings. The van der Waals surface area contributed by atoms with Crippen molar-refractivity contribution in [1.29, 1.82) is 0 Å². The van der Waals surface area contributed by atoms with Crippen molar-refractivity contribution in [3.05, 3.63) is 54.6 Å². The summed E-state index contributed by atoms with van der Waals surface area (Å²) in [6, 6.07) is 17.8. The maximum atomic E-state index is 9.11. The summed E-state index contributed by atoms with van der Waals surface area (Å²) >= 11 is 0. The lowest BCUT2D eigenvalue weighted by Gasteiger charge is -2.06. The molecule has 0 radical (unpaired) electrons. The molecule has 4 rings (SSSR count). The van der Waals surface area contributed by atoms with Gasteiger partial charge in [-0.15, -0.1) is 0 Å². The molecular weight excluding hydrogens is 251 g/mol. The molecule has 0 unspecified atom stereocenters. The minimum atomic E-state index is -0.354. The molecule has 0 saturated heterocycles. The van der Waals surface area contributed by atoms with Crippen LogP contribution < -0.4 is 4.65 Å². The lowest BCUT2D eigenvalue weighted by molar-refractivity contribution is 0.457. The largest absolute Gasteiger partial charge is 0.538 e. The maximum absolute atomic E-state index is 9.11. The standard InChI is InChI=1S/C16H11BO3/c18-17-20-14-9-10-5-1-2-6-11(10)16-15(14)12-7-3-4-8-13(12)19-16/h1-9,17-18H. The van der Waals surface area contributed by atoms with Gasteiger partial charge in [0.1, 0.15) is 16.9 Å². The molecule has 0 amide bonds. The SMILES string of the molecule is OBOc1cc2ccccc2c2oc3ccccc3c12. The van der Waals surface area contributed by atoms with Crippen molar-refractivity contribution in [3.63, 3.8) is 0 Å².